The molecule has 1 aromatic carbocycles. The molecule has 0 radical (unpaired) electrons. The van der Waals surface area contributed by atoms with E-state index in [1.165, 1.54) is 11.1 Å². The molecule has 0 aromatic heterocycles. The van der Waals surface area contributed by atoms with Gasteiger partial charge in [-0.25, -0.2) is 0 Å². The molecule has 3 heteroatoms. The van der Waals surface area contributed by atoms with Crippen molar-refractivity contribution in [3.63, 3.8) is 0 Å². The Bertz CT molecular complexity index is 574. The van der Waals surface area contributed by atoms with Crippen molar-refractivity contribution in [3.8, 4) is 0 Å². The normalized spacial score (nSPS) is 19.8. The van der Waals surface area contributed by atoms with Crippen LogP contribution in [-0.2, 0) is 22.4 Å². The van der Waals surface area contributed by atoms with Gasteiger partial charge in [-0.3, -0.25) is 4.79 Å². The second-order valence-corrected chi connectivity index (χ2v) is 5.10. The standard InChI is InChI=1S/C16H18NO2/c1-3-17-10-15(17)16(11(2)18)19-14-8-12-6-4-5-7-13(12)9-14/h4-7,10,14H,3,8-9H2,1-2H3/q+1/b16-15-. The first kappa shape index (κ1) is 12.2. The van der Waals surface area contributed by atoms with Crippen molar-refractivity contribution in [2.75, 3.05) is 6.54 Å². The van der Waals surface area contributed by atoms with Crippen LogP contribution in [-0.4, -0.2) is 29.2 Å². The van der Waals surface area contributed by atoms with Crippen LogP contribution in [0.15, 0.2) is 35.7 Å². The molecule has 1 heterocycles. The number of Topliss-reactive ketones (excluding diaryl/α,β-unsaturated/α-hetero) is 1. The predicted octanol–water partition coefficient (Wildman–Crippen LogP) is 2.09. The van der Waals surface area contributed by atoms with Gasteiger partial charge in [-0.05, 0) is 18.1 Å². The maximum atomic E-state index is 11.7. The summed E-state index contributed by atoms with van der Waals surface area (Å²) in [6, 6.07) is 8.39. The number of carbonyl (C=O) groups excluding carboxylic acids is 1. The maximum Gasteiger partial charge on any atom is 0.315 e. The van der Waals surface area contributed by atoms with Gasteiger partial charge in [0.2, 0.25) is 17.8 Å². The van der Waals surface area contributed by atoms with Crippen molar-refractivity contribution in [1.29, 1.82) is 0 Å². The molecule has 3 nitrogen and oxygen atoms in total. The number of allylic oxidation sites excluding steroid dienone is 2. The minimum atomic E-state index is 0.0122. The predicted molar refractivity (Wildman–Crippen MR) is 73.3 cm³/mol. The van der Waals surface area contributed by atoms with E-state index in [-0.39, 0.29) is 11.9 Å². The van der Waals surface area contributed by atoms with E-state index >= 15 is 0 Å². The second-order valence-electron chi connectivity index (χ2n) is 5.10. The molecule has 98 valence electrons. The topological polar surface area (TPSA) is 29.3 Å². The largest absolute Gasteiger partial charge is 0.480 e. The summed E-state index contributed by atoms with van der Waals surface area (Å²) in [5.74, 6) is 0.540. The van der Waals surface area contributed by atoms with E-state index in [2.05, 4.69) is 31.2 Å². The number of ether oxygens (including phenoxy) is 1. The molecule has 0 fully saturated rings. The van der Waals surface area contributed by atoms with Gasteiger partial charge in [0, 0.05) is 19.8 Å². The van der Waals surface area contributed by atoms with Crippen molar-refractivity contribution in [2.24, 2.45) is 0 Å². The number of benzene rings is 1. The van der Waals surface area contributed by atoms with Crippen LogP contribution in [0, 0.1) is 0 Å². The first-order valence-electron chi connectivity index (χ1n) is 6.79. The van der Waals surface area contributed by atoms with Gasteiger partial charge in [0.15, 0.2) is 0 Å². The highest BCUT2D eigenvalue weighted by Crippen LogP contribution is 2.27. The van der Waals surface area contributed by atoms with Crippen molar-refractivity contribution in [2.45, 2.75) is 32.8 Å². The lowest BCUT2D eigenvalue weighted by atomic mass is 10.1. The van der Waals surface area contributed by atoms with E-state index < -0.39 is 0 Å². The average Bonchev–Trinajstić information content (AvgIpc) is 3.06. The molecule has 0 saturated heterocycles. The Morgan fingerprint density at radius 3 is 2.42 bits per heavy atom. The Morgan fingerprint density at radius 1 is 1.32 bits per heavy atom. The second kappa shape index (κ2) is 4.65. The summed E-state index contributed by atoms with van der Waals surface area (Å²) in [6.45, 7) is 4.53. The summed E-state index contributed by atoms with van der Waals surface area (Å²) >= 11 is 0. The van der Waals surface area contributed by atoms with Crippen LogP contribution >= 0.6 is 0 Å². The molecule has 2 aliphatic rings. The fourth-order valence-corrected chi connectivity index (χ4v) is 2.66. The SMILES string of the molecule is CC[N+]1=CC/1=C(/OC1Cc2ccccc2C1)C(C)=O. The number of rotatable bonds is 4. The van der Waals surface area contributed by atoms with Gasteiger partial charge >= 0.3 is 5.70 Å². The number of nitrogens with zero attached hydrogens (tertiary/aromatic N) is 1. The molecule has 0 N–H and O–H groups in total. The zero-order chi connectivity index (χ0) is 13.4. The lowest BCUT2D eigenvalue weighted by Crippen LogP contribution is -2.17. The molecular weight excluding hydrogens is 238 g/mol. The zero-order valence-corrected chi connectivity index (χ0v) is 11.3. The van der Waals surface area contributed by atoms with Gasteiger partial charge in [-0.2, -0.15) is 4.58 Å². The van der Waals surface area contributed by atoms with Gasteiger partial charge < -0.3 is 4.74 Å². The van der Waals surface area contributed by atoms with Crippen LogP contribution in [0.2, 0.25) is 0 Å². The minimum absolute atomic E-state index is 0.0122. The fraction of sp³-hybridized carbons (Fsp3) is 0.375. The monoisotopic (exact) mass is 256 g/mol. The van der Waals surface area contributed by atoms with Gasteiger partial charge in [0.1, 0.15) is 12.6 Å². The molecule has 0 spiro atoms. The first-order chi connectivity index (χ1) is 9.19. The van der Waals surface area contributed by atoms with Gasteiger partial charge in [0.05, 0.1) is 0 Å². The third-order valence-electron chi connectivity index (χ3n) is 3.71. The summed E-state index contributed by atoms with van der Waals surface area (Å²) in [4.78, 5) is 11.7. The van der Waals surface area contributed by atoms with Crippen LogP contribution in [0.25, 0.3) is 0 Å². The average molecular weight is 256 g/mol. The van der Waals surface area contributed by atoms with Gasteiger partial charge in [-0.15, -0.1) is 0 Å². The molecule has 0 saturated carbocycles. The summed E-state index contributed by atoms with van der Waals surface area (Å²) in [7, 11) is 0. The molecule has 0 bridgehead atoms. The zero-order valence-electron chi connectivity index (χ0n) is 11.3. The highest BCUT2D eigenvalue weighted by molar-refractivity contribution is 5.99. The molecule has 3 rings (SSSR count). The number of hydrogen-bond acceptors (Lipinski definition) is 2. The quantitative estimate of drug-likeness (QED) is 0.469. The Balaban J connectivity index is 1.73. The van der Waals surface area contributed by atoms with E-state index in [0.29, 0.717) is 5.76 Å². The number of hydrogen-bond donors (Lipinski definition) is 0. The molecule has 19 heavy (non-hydrogen) atoms. The number of carbonyl (C=O) groups is 1. The summed E-state index contributed by atoms with van der Waals surface area (Å²) < 4.78 is 8.01. The van der Waals surface area contributed by atoms with Crippen LogP contribution in [0.5, 0.6) is 0 Å². The highest BCUT2D eigenvalue weighted by atomic mass is 16.5. The summed E-state index contributed by atoms with van der Waals surface area (Å²) in [5.41, 5.74) is 3.63. The lowest BCUT2D eigenvalue weighted by molar-refractivity contribution is -0.401. The van der Waals surface area contributed by atoms with Crippen molar-refractivity contribution < 1.29 is 14.1 Å². The molecule has 1 aromatic rings. The Labute approximate surface area is 113 Å². The third kappa shape index (κ3) is 2.33. The summed E-state index contributed by atoms with van der Waals surface area (Å²) in [6.07, 6.45) is 3.86. The van der Waals surface area contributed by atoms with Gasteiger partial charge in [-0.1, -0.05) is 24.3 Å². The Morgan fingerprint density at radius 2 is 1.95 bits per heavy atom. The third-order valence-corrected chi connectivity index (χ3v) is 3.71. The van der Waals surface area contributed by atoms with E-state index in [1.807, 2.05) is 10.8 Å². The van der Waals surface area contributed by atoms with E-state index in [9.17, 15) is 4.79 Å². The van der Waals surface area contributed by atoms with E-state index in [1.54, 1.807) is 6.92 Å². The summed E-state index contributed by atoms with van der Waals surface area (Å²) in [5, 5.41) is 0. The van der Waals surface area contributed by atoms with Crippen molar-refractivity contribution in [1.82, 2.24) is 0 Å². The van der Waals surface area contributed by atoms with Crippen molar-refractivity contribution in [3.05, 3.63) is 46.8 Å². The van der Waals surface area contributed by atoms with Crippen molar-refractivity contribution >= 4 is 12.0 Å². The van der Waals surface area contributed by atoms with E-state index in [4.69, 9.17) is 4.74 Å². The minimum Gasteiger partial charge on any atom is -0.480 e. The molecule has 0 atom stereocenters. The molecular formula is C16H18NO2+. The highest BCUT2D eigenvalue weighted by Gasteiger charge is 2.37. The lowest BCUT2D eigenvalue weighted by Gasteiger charge is -2.12. The first-order valence-corrected chi connectivity index (χ1v) is 6.79. The van der Waals surface area contributed by atoms with Crippen LogP contribution in [0.4, 0.5) is 0 Å². The van der Waals surface area contributed by atoms with Crippen LogP contribution in [0.1, 0.15) is 25.0 Å². The van der Waals surface area contributed by atoms with Crippen LogP contribution < -0.4 is 0 Å². The maximum absolute atomic E-state index is 11.7. The van der Waals surface area contributed by atoms with Gasteiger partial charge in [0.25, 0.3) is 0 Å². The molecule has 1 aliphatic carbocycles. The fourth-order valence-electron chi connectivity index (χ4n) is 2.66. The molecule has 0 unspecified atom stereocenters. The number of ketones is 1. The smallest absolute Gasteiger partial charge is 0.315 e. The number of fused-ring (bicyclic) bond motifs is 1. The Kier molecular flexibility index (Phi) is 2.97. The Hall–Kier alpha value is -1.90. The molecule has 0 amide bonds. The van der Waals surface area contributed by atoms with E-state index in [0.717, 1.165) is 25.1 Å². The van der Waals surface area contributed by atoms with Crippen LogP contribution in [0.3, 0.4) is 0 Å². The molecule has 1 aliphatic heterocycles.